The molecule has 0 radical (unpaired) electrons. The maximum atomic E-state index is 13.1. The van der Waals surface area contributed by atoms with Gasteiger partial charge in [0, 0.05) is 25.7 Å². The number of unbranched alkanes of at least 4 members (excludes halogenated alkanes) is 49. The van der Waals surface area contributed by atoms with E-state index >= 15 is 0 Å². The zero-order chi connectivity index (χ0) is 70.5. The third-order valence-electron chi connectivity index (χ3n) is 18.0. The lowest BCUT2D eigenvalue weighted by molar-refractivity contribution is -0.161. The summed E-state index contributed by atoms with van der Waals surface area (Å²) in [5, 5.41) is 10.6. The predicted octanol–water partition coefficient (Wildman–Crippen LogP) is 22.9. The van der Waals surface area contributed by atoms with Crippen LogP contribution in [0.4, 0.5) is 0 Å². The molecule has 0 aromatic rings. The molecular formula is C77H150O17P2. The number of hydrogen-bond acceptors (Lipinski definition) is 15. The van der Waals surface area contributed by atoms with Crippen molar-refractivity contribution in [2.24, 2.45) is 5.92 Å². The molecule has 0 fully saturated rings. The van der Waals surface area contributed by atoms with E-state index in [9.17, 15) is 43.2 Å². The second-order valence-corrected chi connectivity index (χ2v) is 31.1. The maximum Gasteiger partial charge on any atom is 0.472 e. The fourth-order valence-electron chi connectivity index (χ4n) is 11.9. The van der Waals surface area contributed by atoms with E-state index in [1.807, 2.05) is 0 Å². The Balaban J connectivity index is 5.16. The van der Waals surface area contributed by atoms with E-state index in [4.69, 9.17) is 37.0 Å². The normalized spacial score (nSPS) is 13.9. The fourth-order valence-corrected chi connectivity index (χ4v) is 13.5. The molecular weight excluding hydrogens is 1260 g/mol. The van der Waals surface area contributed by atoms with Gasteiger partial charge in [-0.3, -0.25) is 37.3 Å². The van der Waals surface area contributed by atoms with Crippen molar-refractivity contribution in [2.45, 2.75) is 425 Å². The van der Waals surface area contributed by atoms with Crippen LogP contribution in [0.25, 0.3) is 0 Å². The first-order chi connectivity index (χ1) is 46.5. The van der Waals surface area contributed by atoms with Gasteiger partial charge in [-0.2, -0.15) is 0 Å². The average Bonchev–Trinajstić information content (AvgIpc) is 3.37. The Morgan fingerprint density at radius 3 is 0.708 bits per heavy atom. The quantitative estimate of drug-likeness (QED) is 0.0222. The van der Waals surface area contributed by atoms with Crippen molar-refractivity contribution < 1.29 is 80.2 Å². The molecule has 0 bridgehead atoms. The van der Waals surface area contributed by atoms with Gasteiger partial charge >= 0.3 is 39.5 Å². The van der Waals surface area contributed by atoms with Crippen LogP contribution in [-0.2, 0) is 65.4 Å². The molecule has 0 spiro atoms. The molecule has 0 rings (SSSR count). The summed E-state index contributed by atoms with van der Waals surface area (Å²) >= 11 is 0. The van der Waals surface area contributed by atoms with Gasteiger partial charge in [-0.05, 0) is 31.6 Å². The van der Waals surface area contributed by atoms with Crippen LogP contribution >= 0.6 is 15.6 Å². The highest BCUT2D eigenvalue weighted by Gasteiger charge is 2.30. The van der Waals surface area contributed by atoms with E-state index in [-0.39, 0.29) is 25.7 Å². The number of esters is 4. The van der Waals surface area contributed by atoms with Gasteiger partial charge in [0.05, 0.1) is 26.4 Å². The molecule has 5 atom stereocenters. The number of phosphoric acid groups is 2. The largest absolute Gasteiger partial charge is 0.472 e. The topological polar surface area (TPSA) is 237 Å². The molecule has 3 N–H and O–H groups in total. The number of ether oxygens (including phenoxy) is 4. The smallest absolute Gasteiger partial charge is 0.462 e. The van der Waals surface area contributed by atoms with Crippen molar-refractivity contribution in [2.75, 3.05) is 39.6 Å². The highest BCUT2D eigenvalue weighted by Crippen LogP contribution is 2.45. The molecule has 2 unspecified atom stereocenters. The Kier molecular flexibility index (Phi) is 68.7. The van der Waals surface area contributed by atoms with Crippen molar-refractivity contribution in [1.82, 2.24) is 0 Å². The third-order valence-corrected chi connectivity index (χ3v) is 19.9. The Bertz CT molecular complexity index is 1840. The van der Waals surface area contributed by atoms with Gasteiger partial charge in [0.2, 0.25) is 0 Å². The molecule has 96 heavy (non-hydrogen) atoms. The van der Waals surface area contributed by atoms with Crippen LogP contribution in [0.2, 0.25) is 0 Å². The van der Waals surface area contributed by atoms with E-state index in [2.05, 4.69) is 34.6 Å². The Hall–Kier alpha value is -1.94. The van der Waals surface area contributed by atoms with E-state index < -0.39 is 97.5 Å². The highest BCUT2D eigenvalue weighted by atomic mass is 31.2. The minimum Gasteiger partial charge on any atom is -0.462 e. The van der Waals surface area contributed by atoms with Crippen molar-refractivity contribution in [3.05, 3.63) is 0 Å². The molecule has 0 aliphatic rings. The first-order valence-electron chi connectivity index (χ1n) is 40.1. The van der Waals surface area contributed by atoms with Crippen molar-refractivity contribution in [3.63, 3.8) is 0 Å². The highest BCUT2D eigenvalue weighted by molar-refractivity contribution is 7.47. The van der Waals surface area contributed by atoms with Crippen molar-refractivity contribution >= 4 is 39.5 Å². The van der Waals surface area contributed by atoms with Crippen LogP contribution in [0, 0.1) is 5.92 Å². The minimum atomic E-state index is -4.96. The second kappa shape index (κ2) is 70.1. The van der Waals surface area contributed by atoms with Gasteiger partial charge in [0.1, 0.15) is 19.3 Å². The van der Waals surface area contributed by atoms with E-state index in [1.54, 1.807) is 0 Å². The zero-order valence-electron chi connectivity index (χ0n) is 62.5. The molecule has 570 valence electrons. The molecule has 0 aromatic heterocycles. The lowest BCUT2D eigenvalue weighted by Gasteiger charge is -2.21. The van der Waals surface area contributed by atoms with E-state index in [1.165, 1.54) is 225 Å². The summed E-state index contributed by atoms with van der Waals surface area (Å²) in [5.74, 6) is -1.44. The molecule has 0 aliphatic carbocycles. The van der Waals surface area contributed by atoms with Crippen LogP contribution in [0.5, 0.6) is 0 Å². The Morgan fingerprint density at radius 2 is 0.479 bits per heavy atom. The van der Waals surface area contributed by atoms with Crippen molar-refractivity contribution in [1.29, 1.82) is 0 Å². The van der Waals surface area contributed by atoms with Crippen LogP contribution in [0.3, 0.4) is 0 Å². The van der Waals surface area contributed by atoms with Crippen LogP contribution in [0.1, 0.15) is 407 Å². The molecule has 0 saturated carbocycles. The van der Waals surface area contributed by atoms with Crippen LogP contribution in [0.15, 0.2) is 0 Å². The summed E-state index contributed by atoms with van der Waals surface area (Å²) in [6.45, 7) is 7.20. The first kappa shape index (κ1) is 94.1. The number of phosphoric ester groups is 2. The van der Waals surface area contributed by atoms with E-state index in [0.717, 1.165) is 96.3 Å². The van der Waals surface area contributed by atoms with E-state index in [0.29, 0.717) is 31.6 Å². The summed E-state index contributed by atoms with van der Waals surface area (Å²) in [4.78, 5) is 72.7. The summed E-state index contributed by atoms with van der Waals surface area (Å²) < 4.78 is 68.5. The van der Waals surface area contributed by atoms with Crippen LogP contribution < -0.4 is 0 Å². The van der Waals surface area contributed by atoms with Gasteiger partial charge in [-0.25, -0.2) is 9.13 Å². The molecule has 0 aromatic carbocycles. The fraction of sp³-hybridized carbons (Fsp3) is 0.948. The number of hydrogen-bond donors (Lipinski definition) is 3. The molecule has 0 amide bonds. The minimum absolute atomic E-state index is 0.106. The number of aliphatic hydroxyl groups is 1. The standard InChI is InChI=1S/C77H150O17P2/c1-6-9-12-15-18-21-24-26-28-29-30-31-32-33-34-36-38-40-43-46-53-58-63-77(82)93-72(66-87-74(79)60-55-50-44-42-39-37-35-27-25-22-19-16-13-10-7-2)68-91-95(83,84)89-64-71(78)65-90-96(85,86)92-69-73(67-88-75(80)61-56-51-48-47-49-54-59-70(4)5)94-76(81)62-57-52-45-41-23-20-17-14-11-8-3/h70-73,78H,6-69H2,1-5H3,(H,83,84)(H,85,86)/t71-,72-,73-/m1/s1. The molecule has 0 aliphatic heterocycles. The SMILES string of the molecule is CCCCCCCCCCCCCCCCCCCCCCCCC(=O)O[C@H](COC(=O)CCCCCCCCCCCCCCCCC)COP(=O)(O)OC[C@@H](O)COP(=O)(O)OC[C@@H](COC(=O)CCCCCCCCC(C)C)OC(=O)CCCCCCCCCCCC. The predicted molar refractivity (Wildman–Crippen MR) is 391 cm³/mol. The van der Waals surface area contributed by atoms with Gasteiger partial charge in [-0.1, -0.05) is 356 Å². The van der Waals surface area contributed by atoms with Crippen molar-refractivity contribution in [3.8, 4) is 0 Å². The number of rotatable bonds is 77. The zero-order valence-corrected chi connectivity index (χ0v) is 64.3. The van der Waals surface area contributed by atoms with Gasteiger partial charge in [0.15, 0.2) is 12.2 Å². The summed E-state index contributed by atoms with van der Waals surface area (Å²) in [5.41, 5.74) is 0. The lowest BCUT2D eigenvalue weighted by atomic mass is 10.0. The molecule has 19 heteroatoms. The number of carbonyl (C=O) groups is 4. The summed E-state index contributed by atoms with van der Waals surface area (Å²) in [6.07, 6.45) is 60.0. The average molecular weight is 1410 g/mol. The summed E-state index contributed by atoms with van der Waals surface area (Å²) in [7, 11) is -9.91. The third kappa shape index (κ3) is 70.5. The summed E-state index contributed by atoms with van der Waals surface area (Å²) in [6, 6.07) is 0. The van der Waals surface area contributed by atoms with Gasteiger partial charge < -0.3 is 33.8 Å². The number of aliphatic hydroxyl groups excluding tert-OH is 1. The second-order valence-electron chi connectivity index (χ2n) is 28.2. The number of carbonyl (C=O) groups excluding carboxylic acids is 4. The molecule has 0 saturated heterocycles. The maximum absolute atomic E-state index is 13.1. The van der Waals surface area contributed by atoms with Crippen LogP contribution in [-0.4, -0.2) is 96.7 Å². The van der Waals surface area contributed by atoms with Gasteiger partial charge in [0.25, 0.3) is 0 Å². The molecule has 17 nitrogen and oxygen atoms in total. The Morgan fingerprint density at radius 1 is 0.281 bits per heavy atom. The lowest BCUT2D eigenvalue weighted by Crippen LogP contribution is -2.30. The van der Waals surface area contributed by atoms with Gasteiger partial charge in [-0.15, -0.1) is 0 Å². The Labute approximate surface area is 588 Å². The first-order valence-corrected chi connectivity index (χ1v) is 43.1. The molecule has 0 heterocycles. The monoisotopic (exact) mass is 1410 g/mol.